The van der Waals surface area contributed by atoms with E-state index in [1.54, 1.807) is 38.1 Å². The topological polar surface area (TPSA) is 49.4 Å². The van der Waals surface area contributed by atoms with Crippen LogP contribution in [0.4, 0.5) is 0 Å². The molecule has 1 heterocycles. The normalized spacial score (nSPS) is 17.9. The van der Waals surface area contributed by atoms with Crippen LogP contribution in [0.25, 0.3) is 6.08 Å². The summed E-state index contributed by atoms with van der Waals surface area (Å²) in [6, 6.07) is 5.15. The van der Waals surface area contributed by atoms with Gasteiger partial charge in [0, 0.05) is 34.8 Å². The molecule has 0 radical (unpaired) electrons. The molecule has 2 amide bonds. The Morgan fingerprint density at radius 1 is 1.33 bits per heavy atom. The molecule has 0 aromatic heterocycles. The third-order valence-electron chi connectivity index (χ3n) is 3.51. The Morgan fingerprint density at radius 3 is 2.57 bits per heavy atom. The van der Waals surface area contributed by atoms with E-state index in [9.17, 15) is 9.59 Å². The Kier molecular flexibility index (Phi) is 4.59. The van der Waals surface area contributed by atoms with Gasteiger partial charge in [-0.15, -0.1) is 0 Å². The molecular formula is C15H16Cl2N2O2. The van der Waals surface area contributed by atoms with Crippen LogP contribution in [-0.2, 0) is 9.59 Å². The molecule has 0 bridgehead atoms. The van der Waals surface area contributed by atoms with Gasteiger partial charge in [0.1, 0.15) is 5.54 Å². The van der Waals surface area contributed by atoms with Crippen molar-refractivity contribution in [3.63, 3.8) is 0 Å². The van der Waals surface area contributed by atoms with Crippen molar-refractivity contribution < 1.29 is 9.59 Å². The fraction of sp³-hybridized carbons (Fsp3) is 0.333. The lowest BCUT2D eigenvalue weighted by Gasteiger charge is -2.40. The molecule has 1 aromatic carbocycles. The Hall–Kier alpha value is -1.52. The molecular weight excluding hydrogens is 311 g/mol. The Labute approximate surface area is 133 Å². The maximum atomic E-state index is 12.3. The van der Waals surface area contributed by atoms with E-state index in [0.717, 1.165) is 0 Å². The lowest BCUT2D eigenvalue weighted by Crippen LogP contribution is -2.63. The van der Waals surface area contributed by atoms with Crippen LogP contribution in [0.15, 0.2) is 24.3 Å². The molecule has 21 heavy (non-hydrogen) atoms. The van der Waals surface area contributed by atoms with Gasteiger partial charge in [0.15, 0.2) is 0 Å². The molecule has 0 unspecified atom stereocenters. The number of hydrogen-bond donors (Lipinski definition) is 1. The maximum Gasteiger partial charge on any atom is 0.247 e. The fourth-order valence-electron chi connectivity index (χ4n) is 2.20. The van der Waals surface area contributed by atoms with Crippen LogP contribution in [0.1, 0.15) is 19.4 Å². The Bertz CT molecular complexity index is 591. The fourth-order valence-corrected chi connectivity index (χ4v) is 2.72. The standard InChI is InChI=1S/C15H16Cl2N2O2/c1-15(2)14(21)18-8-9-19(15)13(20)7-6-10-11(16)4-3-5-12(10)17/h3-7H,8-9H2,1-2H3,(H,18,21). The molecule has 0 atom stereocenters. The van der Waals surface area contributed by atoms with Gasteiger partial charge >= 0.3 is 0 Å². The zero-order valence-corrected chi connectivity index (χ0v) is 13.3. The largest absolute Gasteiger partial charge is 0.352 e. The number of nitrogens with zero attached hydrogens (tertiary/aromatic N) is 1. The van der Waals surface area contributed by atoms with Crippen LogP contribution in [-0.4, -0.2) is 35.3 Å². The first-order chi connectivity index (χ1) is 9.84. The van der Waals surface area contributed by atoms with Crippen molar-refractivity contribution in [1.82, 2.24) is 10.2 Å². The lowest BCUT2D eigenvalue weighted by molar-refractivity contribution is -0.146. The summed E-state index contributed by atoms with van der Waals surface area (Å²) in [5.41, 5.74) is -0.280. The van der Waals surface area contributed by atoms with E-state index in [2.05, 4.69) is 5.32 Å². The van der Waals surface area contributed by atoms with E-state index >= 15 is 0 Å². The van der Waals surface area contributed by atoms with E-state index in [1.165, 1.54) is 11.0 Å². The van der Waals surface area contributed by atoms with E-state index in [-0.39, 0.29) is 11.8 Å². The predicted octanol–water partition coefficient (Wildman–Crippen LogP) is 2.74. The van der Waals surface area contributed by atoms with Gasteiger partial charge in [0.05, 0.1) is 0 Å². The number of halogens is 2. The first-order valence-electron chi connectivity index (χ1n) is 6.56. The second-order valence-corrected chi connectivity index (χ2v) is 6.09. The monoisotopic (exact) mass is 326 g/mol. The molecule has 1 aromatic rings. The lowest BCUT2D eigenvalue weighted by atomic mass is 9.98. The summed E-state index contributed by atoms with van der Waals surface area (Å²) in [4.78, 5) is 25.7. The second-order valence-electron chi connectivity index (χ2n) is 5.27. The van der Waals surface area contributed by atoms with E-state index < -0.39 is 5.54 Å². The number of amides is 2. The quantitative estimate of drug-likeness (QED) is 0.849. The highest BCUT2D eigenvalue weighted by molar-refractivity contribution is 6.37. The van der Waals surface area contributed by atoms with Crippen molar-refractivity contribution in [1.29, 1.82) is 0 Å². The van der Waals surface area contributed by atoms with Gasteiger partial charge in [0.25, 0.3) is 0 Å². The zero-order valence-electron chi connectivity index (χ0n) is 11.8. The van der Waals surface area contributed by atoms with Crippen LogP contribution in [0.2, 0.25) is 10.0 Å². The summed E-state index contributed by atoms with van der Waals surface area (Å²) < 4.78 is 0. The van der Waals surface area contributed by atoms with Crippen molar-refractivity contribution in [2.75, 3.05) is 13.1 Å². The summed E-state index contributed by atoms with van der Waals surface area (Å²) in [7, 11) is 0. The van der Waals surface area contributed by atoms with Crippen LogP contribution in [0.3, 0.4) is 0 Å². The third-order valence-corrected chi connectivity index (χ3v) is 4.17. The number of nitrogens with one attached hydrogen (secondary N) is 1. The highest BCUT2D eigenvalue weighted by Gasteiger charge is 2.39. The summed E-state index contributed by atoms with van der Waals surface area (Å²) in [5, 5.41) is 3.70. The Morgan fingerprint density at radius 2 is 1.95 bits per heavy atom. The van der Waals surface area contributed by atoms with E-state index in [4.69, 9.17) is 23.2 Å². The minimum absolute atomic E-state index is 0.161. The molecule has 0 aliphatic carbocycles. The van der Waals surface area contributed by atoms with Crippen molar-refractivity contribution in [3.05, 3.63) is 39.9 Å². The molecule has 0 spiro atoms. The summed E-state index contributed by atoms with van der Waals surface area (Å²) in [6.07, 6.45) is 2.98. The number of carbonyl (C=O) groups is 2. The molecule has 0 saturated carbocycles. The maximum absolute atomic E-state index is 12.3. The van der Waals surface area contributed by atoms with E-state index in [0.29, 0.717) is 28.7 Å². The highest BCUT2D eigenvalue weighted by Crippen LogP contribution is 2.26. The first kappa shape index (κ1) is 15.9. The molecule has 112 valence electrons. The van der Waals surface area contributed by atoms with Gasteiger partial charge in [-0.1, -0.05) is 29.3 Å². The summed E-state index contributed by atoms with van der Waals surface area (Å²) in [5.74, 6) is -0.405. The number of benzene rings is 1. The van der Waals surface area contributed by atoms with Gasteiger partial charge in [0.2, 0.25) is 11.8 Å². The molecule has 1 saturated heterocycles. The van der Waals surface area contributed by atoms with Crippen molar-refractivity contribution in [3.8, 4) is 0 Å². The minimum atomic E-state index is -0.871. The number of rotatable bonds is 2. The van der Waals surface area contributed by atoms with Gasteiger partial charge < -0.3 is 10.2 Å². The van der Waals surface area contributed by atoms with Crippen LogP contribution in [0, 0.1) is 0 Å². The minimum Gasteiger partial charge on any atom is -0.352 e. The van der Waals surface area contributed by atoms with Gasteiger partial charge in [-0.2, -0.15) is 0 Å². The molecule has 1 aliphatic rings. The number of hydrogen-bond acceptors (Lipinski definition) is 2. The average molecular weight is 327 g/mol. The summed E-state index contributed by atoms with van der Waals surface area (Å²) >= 11 is 12.1. The van der Waals surface area contributed by atoms with Gasteiger partial charge in [-0.05, 0) is 32.1 Å². The second kappa shape index (κ2) is 6.08. The SMILES string of the molecule is CC1(C)C(=O)NCCN1C(=O)C=Cc1c(Cl)cccc1Cl. The van der Waals surface area contributed by atoms with Gasteiger partial charge in [-0.25, -0.2) is 0 Å². The number of piperazine rings is 1. The van der Waals surface area contributed by atoms with Crippen LogP contribution in [0.5, 0.6) is 0 Å². The molecule has 1 N–H and O–H groups in total. The predicted molar refractivity (Wildman–Crippen MR) is 84.3 cm³/mol. The molecule has 1 aliphatic heterocycles. The highest BCUT2D eigenvalue weighted by atomic mass is 35.5. The Balaban J connectivity index is 2.21. The third kappa shape index (κ3) is 3.22. The van der Waals surface area contributed by atoms with Crippen molar-refractivity contribution in [2.24, 2.45) is 0 Å². The van der Waals surface area contributed by atoms with E-state index in [1.807, 2.05) is 0 Å². The van der Waals surface area contributed by atoms with Gasteiger partial charge in [-0.3, -0.25) is 9.59 Å². The smallest absolute Gasteiger partial charge is 0.247 e. The molecule has 2 rings (SSSR count). The zero-order chi connectivity index (χ0) is 15.6. The number of carbonyl (C=O) groups excluding carboxylic acids is 2. The first-order valence-corrected chi connectivity index (χ1v) is 7.31. The summed E-state index contributed by atoms with van der Waals surface area (Å²) in [6.45, 7) is 4.36. The average Bonchev–Trinajstić information content (AvgIpc) is 2.41. The van der Waals surface area contributed by atoms with Crippen LogP contribution < -0.4 is 5.32 Å². The molecule has 6 heteroatoms. The molecule has 4 nitrogen and oxygen atoms in total. The van der Waals surface area contributed by atoms with Crippen molar-refractivity contribution in [2.45, 2.75) is 19.4 Å². The van der Waals surface area contributed by atoms with Crippen molar-refractivity contribution >= 4 is 41.1 Å². The van der Waals surface area contributed by atoms with Crippen LogP contribution >= 0.6 is 23.2 Å². The molecule has 1 fully saturated rings.